The highest BCUT2D eigenvalue weighted by atomic mass is 16.5. The molecule has 0 aromatic heterocycles. The third kappa shape index (κ3) is 6.03. The molecule has 4 aliphatic rings. The first-order valence-electron chi connectivity index (χ1n) is 13.8. The molecule has 37 heavy (non-hydrogen) atoms. The molecule has 1 aromatic rings. The fourth-order valence-electron chi connectivity index (χ4n) is 6.17. The number of rotatable bonds is 6. The Kier molecular flexibility index (Phi) is 8.17. The molecule has 1 unspecified atom stereocenters. The molecule has 202 valence electrons. The minimum absolute atomic E-state index is 0.0741. The molecule has 9 heteroatoms. The van der Waals surface area contributed by atoms with Crippen molar-refractivity contribution in [3.05, 3.63) is 30.3 Å². The molecule has 3 atom stereocenters. The Morgan fingerprint density at radius 2 is 1.59 bits per heavy atom. The Bertz CT molecular complexity index is 941. The molecule has 3 amide bonds. The number of nitrogens with zero attached hydrogens (tertiary/aromatic N) is 4. The highest BCUT2D eigenvalue weighted by Crippen LogP contribution is 2.38. The molecule has 2 saturated heterocycles. The van der Waals surface area contributed by atoms with Crippen LogP contribution in [0.5, 0.6) is 0 Å². The van der Waals surface area contributed by atoms with Crippen molar-refractivity contribution in [1.29, 1.82) is 0 Å². The van der Waals surface area contributed by atoms with Crippen molar-refractivity contribution in [3.63, 3.8) is 0 Å². The van der Waals surface area contributed by atoms with Crippen molar-refractivity contribution in [2.45, 2.75) is 38.1 Å². The van der Waals surface area contributed by atoms with Gasteiger partial charge >= 0.3 is 12.0 Å². The molecule has 0 N–H and O–H groups in total. The summed E-state index contributed by atoms with van der Waals surface area (Å²) in [7, 11) is 1.41. The van der Waals surface area contributed by atoms with Crippen molar-refractivity contribution in [3.8, 4) is 0 Å². The number of methoxy groups -OCH3 is 1. The summed E-state index contributed by atoms with van der Waals surface area (Å²) in [4.78, 5) is 47.9. The van der Waals surface area contributed by atoms with Crippen LogP contribution in [0, 0.1) is 17.8 Å². The fraction of sp³-hybridized carbons (Fsp3) is 0.679. The summed E-state index contributed by atoms with van der Waals surface area (Å²) in [5, 5.41) is 0. The Morgan fingerprint density at radius 3 is 2.24 bits per heavy atom. The third-order valence-electron chi connectivity index (χ3n) is 8.46. The highest BCUT2D eigenvalue weighted by molar-refractivity contribution is 5.86. The van der Waals surface area contributed by atoms with Gasteiger partial charge in [0.15, 0.2) is 0 Å². The van der Waals surface area contributed by atoms with Gasteiger partial charge in [-0.05, 0) is 50.2 Å². The summed E-state index contributed by atoms with van der Waals surface area (Å²) in [6, 6.07) is 10.7. The number of morpholine rings is 1. The van der Waals surface area contributed by atoms with Crippen LogP contribution in [0.2, 0.25) is 0 Å². The SMILES string of the molecule is COC(=O)[C@H]1CC(CN(C(=O)N2CCOCC2)C2CC2)CC[C@@H]1C(=O)N1CCN(c2ccccc2)CC1. The van der Waals surface area contributed by atoms with E-state index in [9.17, 15) is 14.4 Å². The predicted molar refractivity (Wildman–Crippen MR) is 139 cm³/mol. The van der Waals surface area contributed by atoms with Crippen molar-refractivity contribution in [2.75, 3.05) is 71.0 Å². The van der Waals surface area contributed by atoms with Crippen LogP contribution < -0.4 is 4.90 Å². The first-order valence-corrected chi connectivity index (χ1v) is 13.8. The number of carbonyl (C=O) groups is 3. The molecule has 0 bridgehead atoms. The fourth-order valence-corrected chi connectivity index (χ4v) is 6.17. The van der Waals surface area contributed by atoms with Gasteiger partial charge in [0.25, 0.3) is 0 Å². The van der Waals surface area contributed by atoms with Crippen molar-refractivity contribution in [2.24, 2.45) is 17.8 Å². The largest absolute Gasteiger partial charge is 0.469 e. The number of carbonyl (C=O) groups excluding carboxylic acids is 3. The van der Waals surface area contributed by atoms with E-state index in [2.05, 4.69) is 17.0 Å². The highest BCUT2D eigenvalue weighted by Gasteiger charge is 2.44. The lowest BCUT2D eigenvalue weighted by Crippen LogP contribution is -2.53. The molecule has 2 saturated carbocycles. The van der Waals surface area contributed by atoms with Crippen LogP contribution in [0.3, 0.4) is 0 Å². The second kappa shape index (κ2) is 11.7. The number of ether oxygens (including phenoxy) is 2. The summed E-state index contributed by atoms with van der Waals surface area (Å²) >= 11 is 0. The minimum Gasteiger partial charge on any atom is -0.469 e. The summed E-state index contributed by atoms with van der Waals surface area (Å²) in [6.07, 6.45) is 4.17. The van der Waals surface area contributed by atoms with Gasteiger partial charge in [-0.1, -0.05) is 18.2 Å². The molecule has 0 radical (unpaired) electrons. The Morgan fingerprint density at radius 1 is 0.892 bits per heavy atom. The summed E-state index contributed by atoms with van der Waals surface area (Å²) in [5.41, 5.74) is 1.18. The van der Waals surface area contributed by atoms with Gasteiger partial charge in [0, 0.05) is 57.5 Å². The van der Waals surface area contributed by atoms with E-state index in [1.807, 2.05) is 32.9 Å². The second-order valence-corrected chi connectivity index (χ2v) is 10.8. The normalized spacial score (nSPS) is 26.5. The zero-order valence-electron chi connectivity index (χ0n) is 21.9. The molecule has 4 fully saturated rings. The summed E-state index contributed by atoms with van der Waals surface area (Å²) in [6.45, 7) is 5.96. The minimum atomic E-state index is -0.456. The van der Waals surface area contributed by atoms with E-state index in [1.54, 1.807) is 0 Å². The monoisotopic (exact) mass is 512 g/mol. The maximum absolute atomic E-state index is 13.6. The number of hydrogen-bond donors (Lipinski definition) is 0. The predicted octanol–water partition coefficient (Wildman–Crippen LogP) is 2.46. The van der Waals surface area contributed by atoms with E-state index < -0.39 is 5.92 Å². The van der Waals surface area contributed by atoms with Gasteiger partial charge in [0.1, 0.15) is 0 Å². The maximum Gasteiger partial charge on any atom is 0.320 e. The first-order chi connectivity index (χ1) is 18.0. The number of piperazine rings is 1. The number of amides is 3. The van der Waals surface area contributed by atoms with Crippen molar-refractivity contribution < 1.29 is 23.9 Å². The first kappa shape index (κ1) is 25.8. The third-order valence-corrected chi connectivity index (χ3v) is 8.46. The van der Waals surface area contributed by atoms with Crippen LogP contribution in [-0.2, 0) is 19.1 Å². The molecule has 2 heterocycles. The van der Waals surface area contributed by atoms with Crippen LogP contribution in [0.25, 0.3) is 0 Å². The van der Waals surface area contributed by atoms with Gasteiger partial charge in [-0.2, -0.15) is 0 Å². The molecule has 5 rings (SSSR count). The topological polar surface area (TPSA) is 82.6 Å². The number of anilines is 1. The number of esters is 1. The standard InChI is InChI=1S/C28H40N4O5/c1-36-27(34)25-19-21(20-32(23-8-9-23)28(35)31-15-17-37-18-16-31)7-10-24(25)26(33)30-13-11-29(12-14-30)22-5-3-2-4-6-22/h2-6,21,23-25H,7-20H2,1H3/t21?,24-,25-/m0/s1. The molecule has 9 nitrogen and oxygen atoms in total. The molecular weight excluding hydrogens is 472 g/mol. The van der Waals surface area contributed by atoms with Crippen LogP contribution in [0.4, 0.5) is 10.5 Å². The Labute approximate surface area is 219 Å². The average molecular weight is 513 g/mol. The van der Waals surface area contributed by atoms with Crippen molar-refractivity contribution in [1.82, 2.24) is 14.7 Å². The van der Waals surface area contributed by atoms with Crippen LogP contribution >= 0.6 is 0 Å². The molecule has 1 aromatic carbocycles. The lowest BCUT2D eigenvalue weighted by molar-refractivity contribution is -0.156. The molecule has 2 aliphatic carbocycles. The van der Waals surface area contributed by atoms with Gasteiger partial charge in [-0.3, -0.25) is 9.59 Å². The quantitative estimate of drug-likeness (QED) is 0.545. The van der Waals surface area contributed by atoms with Crippen LogP contribution in [-0.4, -0.2) is 105 Å². The second-order valence-electron chi connectivity index (χ2n) is 10.8. The van der Waals surface area contributed by atoms with E-state index in [0.717, 1.165) is 32.4 Å². The summed E-state index contributed by atoms with van der Waals surface area (Å²) in [5.74, 6) is -0.846. The lowest BCUT2D eigenvalue weighted by atomic mass is 9.73. The van der Waals surface area contributed by atoms with Gasteiger partial charge < -0.3 is 29.1 Å². The zero-order chi connectivity index (χ0) is 25.8. The molecular formula is C28H40N4O5. The van der Waals surface area contributed by atoms with Gasteiger partial charge in [-0.25, -0.2) is 4.79 Å². The lowest BCUT2D eigenvalue weighted by Gasteiger charge is -2.41. The Balaban J connectivity index is 1.20. The average Bonchev–Trinajstić information content (AvgIpc) is 3.81. The number of para-hydroxylation sites is 1. The van der Waals surface area contributed by atoms with E-state index in [4.69, 9.17) is 9.47 Å². The van der Waals surface area contributed by atoms with E-state index in [0.29, 0.717) is 64.8 Å². The van der Waals surface area contributed by atoms with E-state index in [-0.39, 0.29) is 29.7 Å². The van der Waals surface area contributed by atoms with Crippen molar-refractivity contribution >= 4 is 23.6 Å². The molecule has 2 aliphatic heterocycles. The van der Waals surface area contributed by atoms with Crippen LogP contribution in [0.15, 0.2) is 30.3 Å². The van der Waals surface area contributed by atoms with Gasteiger partial charge in [-0.15, -0.1) is 0 Å². The van der Waals surface area contributed by atoms with Crippen LogP contribution in [0.1, 0.15) is 32.1 Å². The number of urea groups is 1. The number of benzene rings is 1. The van der Waals surface area contributed by atoms with Gasteiger partial charge in [0.05, 0.1) is 32.2 Å². The zero-order valence-corrected chi connectivity index (χ0v) is 21.9. The van der Waals surface area contributed by atoms with E-state index >= 15 is 0 Å². The summed E-state index contributed by atoms with van der Waals surface area (Å²) < 4.78 is 10.6. The smallest absolute Gasteiger partial charge is 0.320 e. The van der Waals surface area contributed by atoms with Gasteiger partial charge in [0.2, 0.25) is 5.91 Å². The Hall–Kier alpha value is -2.81. The van der Waals surface area contributed by atoms with E-state index in [1.165, 1.54) is 12.8 Å². The number of hydrogen-bond acceptors (Lipinski definition) is 6. The maximum atomic E-state index is 13.6. The molecule has 0 spiro atoms.